The molecule has 3 atom stereocenters. The maximum Gasteiger partial charge on any atom is 0.249 e. The molecule has 5 nitrogen and oxygen atoms in total. The van der Waals surface area contributed by atoms with E-state index in [4.69, 9.17) is 0 Å². The maximum absolute atomic E-state index is 12.6. The minimum atomic E-state index is -1.08. The van der Waals surface area contributed by atoms with Gasteiger partial charge in [-0.3, -0.25) is 4.79 Å². The third-order valence-electron chi connectivity index (χ3n) is 13.4. The van der Waals surface area contributed by atoms with Gasteiger partial charge in [0, 0.05) is 0 Å². The third kappa shape index (κ3) is 46.9. The molecule has 0 saturated heterocycles. The summed E-state index contributed by atoms with van der Waals surface area (Å²) < 4.78 is 0. The molecule has 61 heavy (non-hydrogen) atoms. The van der Waals surface area contributed by atoms with Crippen molar-refractivity contribution < 1.29 is 20.1 Å². The first-order valence-corrected chi connectivity index (χ1v) is 28.0. The highest BCUT2D eigenvalue weighted by Gasteiger charge is 2.23. The number of carbonyl (C=O) groups excluding carboxylic acids is 1. The van der Waals surface area contributed by atoms with E-state index in [1.807, 2.05) is 0 Å². The number of aliphatic hydroxyl groups is 3. The molecule has 1 amide bonds. The second-order valence-electron chi connectivity index (χ2n) is 19.5. The molecule has 0 heterocycles. The summed E-state index contributed by atoms with van der Waals surface area (Å²) in [5.74, 6) is -0.468. The van der Waals surface area contributed by atoms with Gasteiger partial charge in [-0.25, -0.2) is 0 Å². The van der Waals surface area contributed by atoms with Crippen molar-refractivity contribution in [1.29, 1.82) is 0 Å². The molecule has 5 heteroatoms. The number of hydrogen-bond acceptors (Lipinski definition) is 4. The topological polar surface area (TPSA) is 89.8 Å². The van der Waals surface area contributed by atoms with Crippen molar-refractivity contribution in [2.24, 2.45) is 0 Å². The van der Waals surface area contributed by atoms with Crippen LogP contribution in [0.25, 0.3) is 0 Å². The first-order chi connectivity index (χ1) is 30.1. The van der Waals surface area contributed by atoms with Crippen LogP contribution in [-0.4, -0.2) is 46.1 Å². The standard InChI is InChI=1S/C56H111NO4/c1-3-5-7-9-11-13-15-17-19-21-23-25-27-29-30-32-34-36-38-40-42-44-46-48-50-54(59)53(52-58)57-56(61)55(60)51-49-47-45-43-41-39-37-35-33-31-28-26-24-22-20-18-16-14-12-10-8-6-4-2/h31,33,53-55,58-60H,3-30,32,34-52H2,1-2H3,(H,57,61)/b33-31-. The monoisotopic (exact) mass is 862 g/mol. The number of aliphatic hydroxyl groups excluding tert-OH is 3. The Hall–Kier alpha value is -0.910. The van der Waals surface area contributed by atoms with Gasteiger partial charge >= 0.3 is 0 Å². The number of rotatable bonds is 52. The van der Waals surface area contributed by atoms with Gasteiger partial charge in [-0.05, 0) is 38.5 Å². The fraction of sp³-hybridized carbons (Fsp3) is 0.946. The molecule has 0 bridgehead atoms. The van der Waals surface area contributed by atoms with Crippen molar-refractivity contribution in [3.63, 3.8) is 0 Å². The minimum Gasteiger partial charge on any atom is -0.394 e. The van der Waals surface area contributed by atoms with E-state index < -0.39 is 24.2 Å². The van der Waals surface area contributed by atoms with Crippen LogP contribution in [0.3, 0.4) is 0 Å². The summed E-state index contributed by atoms with van der Waals surface area (Å²) >= 11 is 0. The summed E-state index contributed by atoms with van der Waals surface area (Å²) in [7, 11) is 0. The Morgan fingerprint density at radius 3 is 0.902 bits per heavy atom. The molecule has 0 aromatic carbocycles. The van der Waals surface area contributed by atoms with E-state index in [1.165, 1.54) is 257 Å². The number of carbonyl (C=O) groups is 1. The predicted octanol–water partition coefficient (Wildman–Crippen LogP) is 17.1. The molecule has 0 aliphatic heterocycles. The molecule has 0 rings (SSSR count). The van der Waals surface area contributed by atoms with Crippen LogP contribution in [0.5, 0.6) is 0 Å². The van der Waals surface area contributed by atoms with Crippen molar-refractivity contribution in [3.05, 3.63) is 12.2 Å². The van der Waals surface area contributed by atoms with Crippen molar-refractivity contribution in [2.75, 3.05) is 6.61 Å². The molecular formula is C56H111NO4. The SMILES string of the molecule is CCCCCCCCCCCCCC/C=C\CCCCCCCCCC(O)C(=O)NC(CO)C(O)CCCCCCCCCCCCCCCCCCCCCCCCCC. The number of amides is 1. The Morgan fingerprint density at radius 1 is 0.377 bits per heavy atom. The highest BCUT2D eigenvalue weighted by atomic mass is 16.3. The van der Waals surface area contributed by atoms with Crippen LogP contribution >= 0.6 is 0 Å². The Labute approximate surface area is 382 Å². The second-order valence-corrected chi connectivity index (χ2v) is 19.5. The lowest BCUT2D eigenvalue weighted by Gasteiger charge is -2.23. The van der Waals surface area contributed by atoms with Crippen LogP contribution < -0.4 is 5.32 Å². The molecule has 0 aliphatic carbocycles. The quantitative estimate of drug-likeness (QED) is 0.0362. The predicted molar refractivity (Wildman–Crippen MR) is 269 cm³/mol. The van der Waals surface area contributed by atoms with Crippen molar-refractivity contribution >= 4 is 5.91 Å². The van der Waals surface area contributed by atoms with Gasteiger partial charge in [-0.15, -0.1) is 0 Å². The lowest BCUT2D eigenvalue weighted by Crippen LogP contribution is -2.49. The minimum absolute atomic E-state index is 0.311. The van der Waals surface area contributed by atoms with Gasteiger partial charge < -0.3 is 20.6 Å². The molecule has 4 N–H and O–H groups in total. The fourth-order valence-corrected chi connectivity index (χ4v) is 9.01. The number of unbranched alkanes of at least 4 members (excludes halogenated alkanes) is 42. The van der Waals surface area contributed by atoms with Gasteiger partial charge in [0.2, 0.25) is 5.91 Å². The van der Waals surface area contributed by atoms with Crippen LogP contribution in [0.4, 0.5) is 0 Å². The number of hydrogen-bond donors (Lipinski definition) is 4. The van der Waals surface area contributed by atoms with Gasteiger partial charge in [-0.1, -0.05) is 289 Å². The van der Waals surface area contributed by atoms with Gasteiger partial charge in [-0.2, -0.15) is 0 Å². The molecule has 0 aliphatic rings. The molecule has 0 radical (unpaired) electrons. The molecule has 0 spiro atoms. The number of nitrogens with one attached hydrogen (secondary N) is 1. The van der Waals surface area contributed by atoms with Gasteiger partial charge in [0.25, 0.3) is 0 Å². The average molecular weight is 863 g/mol. The Morgan fingerprint density at radius 2 is 0.623 bits per heavy atom. The number of allylic oxidation sites excluding steroid dienone is 2. The first kappa shape index (κ1) is 60.1. The van der Waals surface area contributed by atoms with Crippen LogP contribution in [-0.2, 0) is 4.79 Å². The smallest absolute Gasteiger partial charge is 0.249 e. The van der Waals surface area contributed by atoms with Gasteiger partial charge in [0.1, 0.15) is 6.10 Å². The summed E-state index contributed by atoms with van der Waals surface area (Å²) in [6.07, 6.45) is 64.0. The zero-order valence-electron chi connectivity index (χ0n) is 41.6. The summed E-state index contributed by atoms with van der Waals surface area (Å²) in [5.41, 5.74) is 0. The van der Waals surface area contributed by atoms with E-state index in [-0.39, 0.29) is 6.61 Å². The zero-order chi connectivity index (χ0) is 44.4. The summed E-state index contributed by atoms with van der Waals surface area (Å²) in [6, 6.07) is -0.712. The van der Waals surface area contributed by atoms with E-state index in [0.29, 0.717) is 12.8 Å². The van der Waals surface area contributed by atoms with Crippen LogP contribution in [0.1, 0.15) is 316 Å². The van der Waals surface area contributed by atoms with E-state index in [0.717, 1.165) is 32.1 Å². The fourth-order valence-electron chi connectivity index (χ4n) is 9.01. The molecule has 364 valence electrons. The van der Waals surface area contributed by atoms with Crippen LogP contribution in [0, 0.1) is 0 Å². The summed E-state index contributed by atoms with van der Waals surface area (Å²) in [4.78, 5) is 12.6. The summed E-state index contributed by atoms with van der Waals surface area (Å²) in [6.45, 7) is 4.27. The van der Waals surface area contributed by atoms with Crippen molar-refractivity contribution in [3.8, 4) is 0 Å². The molecule has 0 saturated carbocycles. The zero-order valence-corrected chi connectivity index (χ0v) is 41.6. The van der Waals surface area contributed by atoms with Crippen LogP contribution in [0.15, 0.2) is 12.2 Å². The molecule has 0 fully saturated rings. The highest BCUT2D eigenvalue weighted by Crippen LogP contribution is 2.18. The first-order valence-electron chi connectivity index (χ1n) is 28.0. The van der Waals surface area contributed by atoms with Gasteiger partial charge in [0.15, 0.2) is 0 Å². The highest BCUT2D eigenvalue weighted by molar-refractivity contribution is 5.80. The summed E-state index contributed by atoms with van der Waals surface area (Å²) in [5, 5.41) is 33.6. The lowest BCUT2D eigenvalue weighted by molar-refractivity contribution is -0.131. The average Bonchev–Trinajstić information content (AvgIpc) is 3.26. The molecule has 3 unspecified atom stereocenters. The van der Waals surface area contributed by atoms with E-state index >= 15 is 0 Å². The Bertz CT molecular complexity index is 864. The lowest BCUT2D eigenvalue weighted by atomic mass is 10.0. The Balaban J connectivity index is 3.53. The van der Waals surface area contributed by atoms with E-state index in [1.54, 1.807) is 0 Å². The second kappa shape index (κ2) is 51.7. The van der Waals surface area contributed by atoms with Crippen molar-refractivity contribution in [2.45, 2.75) is 334 Å². The normalized spacial score (nSPS) is 13.3. The molecule has 0 aromatic heterocycles. The largest absolute Gasteiger partial charge is 0.394 e. The van der Waals surface area contributed by atoms with Gasteiger partial charge in [0.05, 0.1) is 18.8 Å². The molecule has 0 aromatic rings. The third-order valence-corrected chi connectivity index (χ3v) is 13.4. The maximum atomic E-state index is 12.6. The van der Waals surface area contributed by atoms with E-state index in [2.05, 4.69) is 31.3 Å². The van der Waals surface area contributed by atoms with E-state index in [9.17, 15) is 20.1 Å². The van der Waals surface area contributed by atoms with Crippen LogP contribution in [0.2, 0.25) is 0 Å². The molecular weight excluding hydrogens is 751 g/mol. The van der Waals surface area contributed by atoms with Crippen molar-refractivity contribution in [1.82, 2.24) is 5.32 Å². The Kier molecular flexibility index (Phi) is 51.0.